The minimum Gasteiger partial charge on any atom is -0.327 e. The summed E-state index contributed by atoms with van der Waals surface area (Å²) in [5.74, 6) is 1.50. The molecule has 0 heterocycles. The van der Waals surface area contributed by atoms with Crippen molar-refractivity contribution >= 4 is 0 Å². The van der Waals surface area contributed by atoms with E-state index in [1.54, 1.807) is 5.56 Å². The number of rotatable bonds is 3. The van der Waals surface area contributed by atoms with Gasteiger partial charge in [0.15, 0.2) is 0 Å². The Morgan fingerprint density at radius 2 is 2.06 bits per heavy atom. The third-order valence-electron chi connectivity index (χ3n) is 4.62. The predicted molar refractivity (Wildman–Crippen MR) is 67.4 cm³/mol. The molecule has 1 nitrogen and oxygen atoms in total. The second-order valence-electron chi connectivity index (χ2n) is 6.30. The highest BCUT2D eigenvalue weighted by Gasteiger charge is 2.49. The predicted octanol–water partition coefficient (Wildman–Crippen LogP) is 3.09. The molecule has 86 valence electrons. The number of benzene rings is 1. The van der Waals surface area contributed by atoms with Gasteiger partial charge in [0.1, 0.15) is 0 Å². The summed E-state index contributed by atoms with van der Waals surface area (Å²) in [4.78, 5) is 0. The van der Waals surface area contributed by atoms with Crippen molar-refractivity contribution in [3.63, 3.8) is 0 Å². The van der Waals surface area contributed by atoms with Crippen LogP contribution in [0.2, 0.25) is 0 Å². The Labute approximate surface area is 98.0 Å². The van der Waals surface area contributed by atoms with E-state index in [0.29, 0.717) is 11.5 Å². The molecule has 2 N–H and O–H groups in total. The molecule has 1 fully saturated rings. The van der Waals surface area contributed by atoms with Crippen molar-refractivity contribution in [3.8, 4) is 0 Å². The largest absolute Gasteiger partial charge is 0.327 e. The van der Waals surface area contributed by atoms with Gasteiger partial charge in [0, 0.05) is 6.04 Å². The lowest BCUT2D eigenvalue weighted by atomic mass is 9.74. The van der Waals surface area contributed by atoms with Gasteiger partial charge < -0.3 is 5.73 Å². The Kier molecular flexibility index (Phi) is 2.16. The van der Waals surface area contributed by atoms with Gasteiger partial charge in [-0.3, -0.25) is 0 Å². The number of nitrogens with two attached hydrogens (primary N) is 1. The summed E-state index contributed by atoms with van der Waals surface area (Å²) in [7, 11) is 0. The lowest BCUT2D eigenvalue weighted by Crippen LogP contribution is -2.30. The average molecular weight is 215 g/mol. The molecule has 1 aromatic rings. The SMILES string of the molecule is CC1(C)CC1C(N)CC1Cc2ccccc21. The third-order valence-corrected chi connectivity index (χ3v) is 4.62. The van der Waals surface area contributed by atoms with E-state index in [0.717, 1.165) is 11.8 Å². The summed E-state index contributed by atoms with van der Waals surface area (Å²) < 4.78 is 0. The van der Waals surface area contributed by atoms with Crippen LogP contribution in [-0.2, 0) is 6.42 Å². The van der Waals surface area contributed by atoms with E-state index in [1.807, 2.05) is 0 Å². The fourth-order valence-electron chi connectivity index (χ4n) is 3.30. The van der Waals surface area contributed by atoms with Gasteiger partial charge in [-0.15, -0.1) is 0 Å². The van der Waals surface area contributed by atoms with Gasteiger partial charge in [0.25, 0.3) is 0 Å². The van der Waals surface area contributed by atoms with Crippen molar-refractivity contribution in [2.75, 3.05) is 0 Å². The molecule has 2 aliphatic rings. The van der Waals surface area contributed by atoms with E-state index in [4.69, 9.17) is 5.73 Å². The lowest BCUT2D eigenvalue weighted by Gasteiger charge is -2.32. The summed E-state index contributed by atoms with van der Waals surface area (Å²) in [5, 5.41) is 0. The van der Waals surface area contributed by atoms with Crippen LogP contribution in [0, 0.1) is 11.3 Å². The molecule has 0 radical (unpaired) electrons. The van der Waals surface area contributed by atoms with E-state index >= 15 is 0 Å². The maximum absolute atomic E-state index is 6.32. The molecule has 0 spiro atoms. The summed E-state index contributed by atoms with van der Waals surface area (Å²) >= 11 is 0. The van der Waals surface area contributed by atoms with Gasteiger partial charge in [0.05, 0.1) is 0 Å². The van der Waals surface area contributed by atoms with Gasteiger partial charge in [-0.2, -0.15) is 0 Å². The van der Waals surface area contributed by atoms with Crippen LogP contribution < -0.4 is 5.73 Å². The van der Waals surface area contributed by atoms with Gasteiger partial charge in [-0.1, -0.05) is 38.1 Å². The van der Waals surface area contributed by atoms with E-state index in [-0.39, 0.29) is 0 Å². The number of hydrogen-bond donors (Lipinski definition) is 1. The Hall–Kier alpha value is -0.820. The quantitative estimate of drug-likeness (QED) is 0.824. The highest BCUT2D eigenvalue weighted by atomic mass is 14.7. The number of hydrogen-bond acceptors (Lipinski definition) is 1. The van der Waals surface area contributed by atoms with Crippen LogP contribution in [0.1, 0.15) is 43.7 Å². The molecular formula is C15H21N. The van der Waals surface area contributed by atoms with Gasteiger partial charge in [0.2, 0.25) is 0 Å². The third kappa shape index (κ3) is 1.58. The van der Waals surface area contributed by atoms with Crippen molar-refractivity contribution in [2.24, 2.45) is 17.1 Å². The molecule has 2 aliphatic carbocycles. The molecule has 0 aliphatic heterocycles. The number of fused-ring (bicyclic) bond motifs is 1. The van der Waals surface area contributed by atoms with Crippen LogP contribution in [0.25, 0.3) is 0 Å². The normalized spacial score (nSPS) is 31.4. The molecule has 0 saturated heterocycles. The Morgan fingerprint density at radius 1 is 1.38 bits per heavy atom. The van der Waals surface area contributed by atoms with E-state index in [1.165, 1.54) is 24.8 Å². The monoisotopic (exact) mass is 215 g/mol. The summed E-state index contributed by atoms with van der Waals surface area (Å²) in [6, 6.07) is 9.22. The average Bonchev–Trinajstić information content (AvgIpc) is 2.84. The van der Waals surface area contributed by atoms with Crippen molar-refractivity contribution in [1.82, 2.24) is 0 Å². The Morgan fingerprint density at radius 3 is 2.69 bits per heavy atom. The second-order valence-corrected chi connectivity index (χ2v) is 6.30. The van der Waals surface area contributed by atoms with Crippen molar-refractivity contribution in [2.45, 2.75) is 45.1 Å². The van der Waals surface area contributed by atoms with Crippen LogP contribution >= 0.6 is 0 Å². The Bertz CT molecular complexity index is 408. The summed E-state index contributed by atoms with van der Waals surface area (Å²) in [5.41, 5.74) is 9.93. The smallest absolute Gasteiger partial charge is 0.00784 e. The highest BCUT2D eigenvalue weighted by Crippen LogP contribution is 2.55. The molecule has 0 aromatic heterocycles. The van der Waals surface area contributed by atoms with Crippen molar-refractivity contribution in [3.05, 3.63) is 35.4 Å². The van der Waals surface area contributed by atoms with Crippen LogP contribution in [0.15, 0.2) is 24.3 Å². The molecule has 3 rings (SSSR count). The molecule has 16 heavy (non-hydrogen) atoms. The second kappa shape index (κ2) is 3.33. The van der Waals surface area contributed by atoms with Gasteiger partial charge in [-0.25, -0.2) is 0 Å². The van der Waals surface area contributed by atoms with Gasteiger partial charge >= 0.3 is 0 Å². The standard InChI is InChI=1S/C15H21N/c1-15(2)9-13(15)14(16)8-11-7-10-5-3-4-6-12(10)11/h3-6,11,13-14H,7-9,16H2,1-2H3. The minimum absolute atomic E-state index is 0.411. The zero-order chi connectivity index (χ0) is 11.3. The van der Waals surface area contributed by atoms with Crippen LogP contribution in [0.5, 0.6) is 0 Å². The molecule has 0 bridgehead atoms. The minimum atomic E-state index is 0.411. The highest BCUT2D eigenvalue weighted by molar-refractivity contribution is 5.40. The zero-order valence-corrected chi connectivity index (χ0v) is 10.2. The molecule has 1 aromatic carbocycles. The molecule has 0 amide bonds. The van der Waals surface area contributed by atoms with Crippen molar-refractivity contribution < 1.29 is 0 Å². The summed E-state index contributed by atoms with van der Waals surface area (Å²) in [6.45, 7) is 4.68. The van der Waals surface area contributed by atoms with Gasteiger partial charge in [-0.05, 0) is 47.6 Å². The fourth-order valence-corrected chi connectivity index (χ4v) is 3.30. The van der Waals surface area contributed by atoms with E-state index in [9.17, 15) is 0 Å². The van der Waals surface area contributed by atoms with Crippen LogP contribution in [0.4, 0.5) is 0 Å². The van der Waals surface area contributed by atoms with Crippen LogP contribution in [0.3, 0.4) is 0 Å². The molecule has 1 saturated carbocycles. The molecule has 3 unspecified atom stereocenters. The first-order valence-electron chi connectivity index (χ1n) is 6.41. The van der Waals surface area contributed by atoms with Crippen LogP contribution in [-0.4, -0.2) is 6.04 Å². The maximum atomic E-state index is 6.32. The zero-order valence-electron chi connectivity index (χ0n) is 10.2. The first-order valence-corrected chi connectivity index (χ1v) is 6.41. The fraction of sp³-hybridized carbons (Fsp3) is 0.600. The van der Waals surface area contributed by atoms with Crippen molar-refractivity contribution in [1.29, 1.82) is 0 Å². The maximum Gasteiger partial charge on any atom is 0.00784 e. The summed E-state index contributed by atoms with van der Waals surface area (Å²) in [6.07, 6.45) is 3.75. The molecule has 3 atom stereocenters. The Balaban J connectivity index is 1.62. The molecular weight excluding hydrogens is 194 g/mol. The first-order chi connectivity index (χ1) is 7.58. The first kappa shape index (κ1) is 10.3. The molecule has 1 heteroatoms. The van der Waals surface area contributed by atoms with E-state index in [2.05, 4.69) is 38.1 Å². The topological polar surface area (TPSA) is 26.0 Å². The van der Waals surface area contributed by atoms with E-state index < -0.39 is 0 Å². The lowest BCUT2D eigenvalue weighted by molar-refractivity contribution is 0.409.